The smallest absolute Gasteiger partial charge is 0.251 e. The Balaban J connectivity index is 1.28. The normalized spacial score (nSPS) is 20.6. The number of piperidine rings is 1. The zero-order valence-corrected chi connectivity index (χ0v) is 21.8. The standard InChI is InChI=1S/C31H33F4N3O/c32-26-15-23(37-12-9-31(10-13-37)19-36-20-31)16-27(33)29(26)30-25-7-6-24(39-18-21-4-2-1-3-5-21)14-22(25)8-11-38(30)17-28(34)35/h1-7,14-16,28,30,36H,8-13,17-20H2. The molecule has 8 heteroatoms. The summed E-state index contributed by atoms with van der Waals surface area (Å²) in [6.07, 6.45) is -0.155. The van der Waals surface area contributed by atoms with Crippen molar-refractivity contribution in [2.24, 2.45) is 5.41 Å². The first-order valence-electron chi connectivity index (χ1n) is 13.7. The predicted molar refractivity (Wildman–Crippen MR) is 143 cm³/mol. The lowest BCUT2D eigenvalue weighted by molar-refractivity contribution is 0.0686. The van der Waals surface area contributed by atoms with Gasteiger partial charge in [-0.1, -0.05) is 36.4 Å². The molecule has 3 aromatic rings. The second kappa shape index (κ2) is 10.8. The molecule has 1 spiro atoms. The fourth-order valence-electron chi connectivity index (χ4n) is 6.28. The minimum atomic E-state index is -2.62. The summed E-state index contributed by atoms with van der Waals surface area (Å²) in [5.74, 6) is -0.756. The molecule has 0 bridgehead atoms. The molecule has 3 aliphatic rings. The quantitative estimate of drug-likeness (QED) is 0.376. The number of nitrogens with zero attached hydrogens (tertiary/aromatic N) is 2. The van der Waals surface area contributed by atoms with Crippen LogP contribution in [0.25, 0.3) is 0 Å². The molecular formula is C31H33F4N3O. The molecule has 2 fully saturated rings. The van der Waals surface area contributed by atoms with Crippen molar-refractivity contribution in [1.82, 2.24) is 10.2 Å². The number of fused-ring (bicyclic) bond motifs is 1. The largest absolute Gasteiger partial charge is 0.489 e. The van der Waals surface area contributed by atoms with E-state index in [1.807, 2.05) is 41.3 Å². The molecule has 2 saturated heterocycles. The van der Waals surface area contributed by atoms with E-state index in [1.54, 1.807) is 12.1 Å². The van der Waals surface area contributed by atoms with Crippen molar-refractivity contribution in [2.75, 3.05) is 44.2 Å². The summed E-state index contributed by atoms with van der Waals surface area (Å²) < 4.78 is 64.6. The van der Waals surface area contributed by atoms with Gasteiger partial charge in [-0.3, -0.25) is 4.90 Å². The zero-order valence-electron chi connectivity index (χ0n) is 21.8. The van der Waals surface area contributed by atoms with Crippen molar-refractivity contribution in [3.05, 3.63) is 94.6 Å². The summed E-state index contributed by atoms with van der Waals surface area (Å²) in [6.45, 7) is 3.60. The molecule has 0 radical (unpaired) electrons. The average Bonchev–Trinajstić information content (AvgIpc) is 2.92. The van der Waals surface area contributed by atoms with Gasteiger partial charge in [0.15, 0.2) is 0 Å². The van der Waals surface area contributed by atoms with E-state index in [0.717, 1.165) is 50.1 Å². The molecular weight excluding hydrogens is 506 g/mol. The van der Waals surface area contributed by atoms with Crippen LogP contribution in [0.5, 0.6) is 5.75 Å². The number of anilines is 1. The Hall–Kier alpha value is -3.10. The highest BCUT2D eigenvalue weighted by Gasteiger charge is 2.40. The van der Waals surface area contributed by atoms with Gasteiger partial charge in [-0.15, -0.1) is 0 Å². The first kappa shape index (κ1) is 26.1. The van der Waals surface area contributed by atoms with Crippen LogP contribution in [0.3, 0.4) is 0 Å². The number of benzene rings is 3. The SMILES string of the molecule is Fc1cc(N2CCC3(CC2)CNC3)cc(F)c1C1c2ccc(OCc3ccccc3)cc2CCN1CC(F)F. The lowest BCUT2D eigenvalue weighted by atomic mass is 9.73. The third kappa shape index (κ3) is 5.37. The maximum Gasteiger partial charge on any atom is 0.251 e. The van der Waals surface area contributed by atoms with Crippen molar-refractivity contribution >= 4 is 5.69 Å². The molecule has 4 nitrogen and oxygen atoms in total. The second-order valence-electron chi connectivity index (χ2n) is 11.1. The summed E-state index contributed by atoms with van der Waals surface area (Å²) >= 11 is 0. The van der Waals surface area contributed by atoms with Crippen LogP contribution in [0.2, 0.25) is 0 Å². The maximum atomic E-state index is 15.8. The third-order valence-corrected chi connectivity index (χ3v) is 8.59. The molecule has 3 aromatic carbocycles. The Labute approximate surface area is 226 Å². The van der Waals surface area contributed by atoms with Crippen LogP contribution in [-0.2, 0) is 13.0 Å². The van der Waals surface area contributed by atoms with Gasteiger partial charge in [-0.05, 0) is 65.6 Å². The highest BCUT2D eigenvalue weighted by atomic mass is 19.3. The van der Waals surface area contributed by atoms with Crippen LogP contribution >= 0.6 is 0 Å². The van der Waals surface area contributed by atoms with Crippen LogP contribution in [-0.4, -0.2) is 50.6 Å². The van der Waals surface area contributed by atoms with Crippen molar-refractivity contribution in [3.8, 4) is 5.75 Å². The van der Waals surface area contributed by atoms with E-state index < -0.39 is 30.6 Å². The van der Waals surface area contributed by atoms with Gasteiger partial charge in [-0.25, -0.2) is 17.6 Å². The first-order chi connectivity index (χ1) is 18.9. The molecule has 39 heavy (non-hydrogen) atoms. The highest BCUT2D eigenvalue weighted by molar-refractivity contribution is 5.52. The molecule has 0 saturated carbocycles. The minimum absolute atomic E-state index is 0.171. The second-order valence-corrected chi connectivity index (χ2v) is 11.1. The van der Waals surface area contributed by atoms with Crippen LogP contribution in [0, 0.1) is 17.0 Å². The number of hydrogen-bond donors (Lipinski definition) is 1. The Bertz CT molecular complexity index is 1280. The van der Waals surface area contributed by atoms with Crippen LogP contribution < -0.4 is 15.0 Å². The van der Waals surface area contributed by atoms with Gasteiger partial charge in [0.05, 0.1) is 12.6 Å². The molecule has 0 aliphatic carbocycles. The summed E-state index contributed by atoms with van der Waals surface area (Å²) in [6, 6.07) is 17.0. The Morgan fingerprint density at radius 3 is 2.28 bits per heavy atom. The van der Waals surface area contributed by atoms with E-state index in [2.05, 4.69) is 5.32 Å². The summed E-state index contributed by atoms with van der Waals surface area (Å²) in [7, 11) is 0. The molecule has 6 rings (SSSR count). The number of alkyl halides is 2. The maximum absolute atomic E-state index is 15.8. The highest BCUT2D eigenvalue weighted by Crippen LogP contribution is 2.42. The molecule has 0 aromatic heterocycles. The van der Waals surface area contributed by atoms with Gasteiger partial charge in [0.25, 0.3) is 6.43 Å². The van der Waals surface area contributed by atoms with Crippen molar-refractivity contribution in [1.29, 1.82) is 0 Å². The Morgan fingerprint density at radius 2 is 1.64 bits per heavy atom. The molecule has 206 valence electrons. The molecule has 0 amide bonds. The van der Waals surface area contributed by atoms with Crippen LogP contribution in [0.15, 0.2) is 60.7 Å². The molecule has 1 unspecified atom stereocenters. The van der Waals surface area contributed by atoms with E-state index in [0.29, 0.717) is 35.4 Å². The molecule has 1 N–H and O–H groups in total. The van der Waals surface area contributed by atoms with Gasteiger partial charge >= 0.3 is 0 Å². The van der Waals surface area contributed by atoms with E-state index in [1.165, 1.54) is 17.0 Å². The van der Waals surface area contributed by atoms with E-state index in [-0.39, 0.29) is 12.1 Å². The fourth-order valence-corrected chi connectivity index (χ4v) is 6.28. The first-order valence-corrected chi connectivity index (χ1v) is 13.7. The van der Waals surface area contributed by atoms with E-state index in [9.17, 15) is 8.78 Å². The Kier molecular flexibility index (Phi) is 7.25. The van der Waals surface area contributed by atoms with Gasteiger partial charge in [-0.2, -0.15) is 0 Å². The van der Waals surface area contributed by atoms with Crippen LogP contribution in [0.1, 0.15) is 41.1 Å². The lowest BCUT2D eigenvalue weighted by Crippen LogP contribution is -2.58. The average molecular weight is 540 g/mol. The van der Waals surface area contributed by atoms with Crippen LogP contribution in [0.4, 0.5) is 23.2 Å². The fraction of sp³-hybridized carbons (Fsp3) is 0.419. The third-order valence-electron chi connectivity index (χ3n) is 8.59. The molecule has 3 aliphatic heterocycles. The zero-order chi connectivity index (χ0) is 27.0. The van der Waals surface area contributed by atoms with Gasteiger partial charge in [0, 0.05) is 44.0 Å². The van der Waals surface area contributed by atoms with Gasteiger partial charge in [0.1, 0.15) is 24.0 Å². The number of rotatable bonds is 7. The molecule has 1 atom stereocenters. The summed E-state index contributed by atoms with van der Waals surface area (Å²) in [5, 5.41) is 3.33. The topological polar surface area (TPSA) is 27.7 Å². The van der Waals surface area contributed by atoms with Crippen molar-refractivity contribution in [3.63, 3.8) is 0 Å². The van der Waals surface area contributed by atoms with E-state index >= 15 is 8.78 Å². The summed E-state index contributed by atoms with van der Waals surface area (Å²) in [5.41, 5.74) is 3.17. The predicted octanol–water partition coefficient (Wildman–Crippen LogP) is 5.95. The van der Waals surface area contributed by atoms with Crippen molar-refractivity contribution < 1.29 is 22.3 Å². The lowest BCUT2D eigenvalue weighted by Gasteiger charge is -2.49. The minimum Gasteiger partial charge on any atom is -0.489 e. The number of hydrogen-bond acceptors (Lipinski definition) is 4. The number of ether oxygens (including phenoxy) is 1. The number of nitrogens with one attached hydrogen (secondary N) is 1. The van der Waals surface area contributed by atoms with Crippen molar-refractivity contribution in [2.45, 2.75) is 38.3 Å². The molecule has 3 heterocycles. The number of halogens is 4. The summed E-state index contributed by atoms with van der Waals surface area (Å²) in [4.78, 5) is 3.52. The van der Waals surface area contributed by atoms with Gasteiger partial charge < -0.3 is 15.0 Å². The van der Waals surface area contributed by atoms with E-state index in [4.69, 9.17) is 4.74 Å². The Morgan fingerprint density at radius 1 is 0.923 bits per heavy atom. The van der Waals surface area contributed by atoms with Gasteiger partial charge in [0.2, 0.25) is 0 Å². The monoisotopic (exact) mass is 539 g/mol.